The van der Waals surface area contributed by atoms with Crippen LogP contribution in [0.15, 0.2) is 30.3 Å². The third-order valence-electron chi connectivity index (χ3n) is 7.96. The first kappa shape index (κ1) is 31.9. The fraction of sp³-hybridized carbons (Fsp3) is 0.536. The van der Waals surface area contributed by atoms with Crippen molar-refractivity contribution in [1.82, 2.24) is 20.2 Å². The summed E-state index contributed by atoms with van der Waals surface area (Å²) in [5.74, 6) is 0.208. The number of fused-ring (bicyclic) bond motifs is 1. The third-order valence-corrected chi connectivity index (χ3v) is 7.96. The summed E-state index contributed by atoms with van der Waals surface area (Å²) in [5.41, 5.74) is -2.85. The highest BCUT2D eigenvalue weighted by molar-refractivity contribution is 5.62. The van der Waals surface area contributed by atoms with Gasteiger partial charge in [-0.3, -0.25) is 0 Å². The van der Waals surface area contributed by atoms with Crippen LogP contribution in [0.2, 0.25) is 0 Å². The van der Waals surface area contributed by atoms with Crippen LogP contribution in [0.25, 0.3) is 0 Å². The number of hydrogen-bond acceptors (Lipinski definition) is 6. The lowest BCUT2D eigenvalue weighted by atomic mass is 9.92. The van der Waals surface area contributed by atoms with Gasteiger partial charge in [0, 0.05) is 24.9 Å². The summed E-state index contributed by atoms with van der Waals surface area (Å²) in [4.78, 5) is 3.10. The Morgan fingerprint density at radius 2 is 1.59 bits per heavy atom. The number of nitrogens with zero attached hydrogens (tertiary/aromatic N) is 5. The van der Waals surface area contributed by atoms with Gasteiger partial charge in [0.25, 0.3) is 5.95 Å². The van der Waals surface area contributed by atoms with Gasteiger partial charge in [-0.05, 0) is 85.2 Å². The minimum Gasteiger partial charge on any atom is -0.378 e. The molecule has 0 aliphatic carbocycles. The molecule has 0 amide bonds. The maximum atomic E-state index is 14.0. The van der Waals surface area contributed by atoms with Crippen LogP contribution < -0.4 is 10.2 Å². The molecule has 240 valence electrons. The lowest BCUT2D eigenvalue weighted by Gasteiger charge is -2.40. The van der Waals surface area contributed by atoms with Gasteiger partial charge in [0.15, 0.2) is 0 Å². The maximum absolute atomic E-state index is 14.0. The van der Waals surface area contributed by atoms with Crippen molar-refractivity contribution in [2.75, 3.05) is 23.4 Å². The Labute approximate surface area is 246 Å². The molecule has 3 heterocycles. The summed E-state index contributed by atoms with van der Waals surface area (Å²) >= 11 is 0. The van der Waals surface area contributed by atoms with E-state index in [1.165, 1.54) is 17.8 Å². The van der Waals surface area contributed by atoms with Crippen molar-refractivity contribution >= 4 is 11.6 Å². The van der Waals surface area contributed by atoms with Crippen LogP contribution in [-0.2, 0) is 36.7 Å². The SMILES string of the molecule is Cc1cc2c(cc1C(F)(F)F)N(C1CCOC(Cc3cc(C(F)(F)F)cc(C(F)(F)F)c3)C1)CCCC2Nc1nnn(C)n1. The number of halogens is 9. The molecule has 1 N–H and O–H groups in total. The average molecular weight is 637 g/mol. The fourth-order valence-corrected chi connectivity index (χ4v) is 6.01. The molecule has 1 fully saturated rings. The molecule has 7 nitrogen and oxygen atoms in total. The van der Waals surface area contributed by atoms with Crippen LogP contribution in [0.4, 0.5) is 51.1 Å². The molecule has 3 unspecified atom stereocenters. The topological polar surface area (TPSA) is 68.1 Å². The summed E-state index contributed by atoms with van der Waals surface area (Å²) in [6, 6.07) is 3.21. The predicted octanol–water partition coefficient (Wildman–Crippen LogP) is 7.12. The molecule has 3 atom stereocenters. The number of anilines is 2. The summed E-state index contributed by atoms with van der Waals surface area (Å²) in [6.45, 7) is 1.89. The van der Waals surface area contributed by atoms with Gasteiger partial charge in [-0.15, -0.1) is 5.10 Å². The number of aryl methyl sites for hydroxylation is 2. The van der Waals surface area contributed by atoms with Gasteiger partial charge >= 0.3 is 18.5 Å². The van der Waals surface area contributed by atoms with Crippen molar-refractivity contribution in [3.63, 3.8) is 0 Å². The molecule has 2 aliphatic heterocycles. The highest BCUT2D eigenvalue weighted by atomic mass is 19.4. The van der Waals surface area contributed by atoms with Crippen molar-refractivity contribution < 1.29 is 44.3 Å². The first-order chi connectivity index (χ1) is 20.5. The summed E-state index contributed by atoms with van der Waals surface area (Å²) in [6.07, 6.45) is -13.9. The number of aromatic nitrogens is 4. The van der Waals surface area contributed by atoms with Crippen molar-refractivity contribution in [2.45, 2.75) is 75.7 Å². The zero-order valence-corrected chi connectivity index (χ0v) is 23.6. The van der Waals surface area contributed by atoms with E-state index in [1.54, 1.807) is 7.05 Å². The van der Waals surface area contributed by atoms with E-state index in [2.05, 4.69) is 20.7 Å². The van der Waals surface area contributed by atoms with Crippen LogP contribution in [0.1, 0.15) is 65.1 Å². The molecule has 16 heteroatoms. The Balaban J connectivity index is 1.46. The van der Waals surface area contributed by atoms with E-state index in [0.717, 1.165) is 6.07 Å². The number of nitrogens with one attached hydrogen (secondary N) is 1. The van der Waals surface area contributed by atoms with Gasteiger partial charge < -0.3 is 15.0 Å². The van der Waals surface area contributed by atoms with E-state index >= 15 is 0 Å². The second kappa shape index (κ2) is 11.7. The minimum absolute atomic E-state index is 0.0341. The van der Waals surface area contributed by atoms with E-state index in [1.807, 2.05) is 4.90 Å². The van der Waals surface area contributed by atoms with Crippen molar-refractivity contribution in [3.8, 4) is 0 Å². The Bertz CT molecular complexity index is 1450. The van der Waals surface area contributed by atoms with E-state index in [4.69, 9.17) is 4.74 Å². The van der Waals surface area contributed by atoms with Crippen LogP contribution in [0.5, 0.6) is 0 Å². The molecule has 3 aromatic rings. The standard InChI is InChI=1S/C28H29F9N6O/c1-15-8-21-23(38-25-39-41-42(2)40-25)4-3-6-43(24(21)14-22(15)28(35,36)37)19-5-7-44-20(13-19)11-16-9-17(26(29,30)31)12-18(10-16)27(32,33)34/h8-10,12,14,19-20,23H,3-7,11,13H2,1-2H3,(H,38,40). The van der Waals surface area contributed by atoms with Gasteiger partial charge in [-0.1, -0.05) is 11.2 Å². The highest BCUT2D eigenvalue weighted by Gasteiger charge is 2.39. The highest BCUT2D eigenvalue weighted by Crippen LogP contribution is 2.43. The second-order valence-electron chi connectivity index (χ2n) is 11.1. The molecule has 5 rings (SSSR count). The van der Waals surface area contributed by atoms with Crippen molar-refractivity contribution in [2.24, 2.45) is 7.05 Å². The van der Waals surface area contributed by atoms with E-state index in [-0.39, 0.29) is 48.6 Å². The molecular formula is C28H29F9N6O. The van der Waals surface area contributed by atoms with Crippen LogP contribution in [-0.4, -0.2) is 45.5 Å². The maximum Gasteiger partial charge on any atom is 0.416 e. The third kappa shape index (κ3) is 7.05. The molecule has 0 spiro atoms. The van der Waals surface area contributed by atoms with Gasteiger partial charge in [0.1, 0.15) is 0 Å². The van der Waals surface area contributed by atoms with E-state index in [0.29, 0.717) is 49.2 Å². The Hall–Kier alpha value is -3.56. The van der Waals surface area contributed by atoms with Crippen LogP contribution >= 0.6 is 0 Å². The van der Waals surface area contributed by atoms with Crippen molar-refractivity contribution in [1.29, 1.82) is 0 Å². The smallest absolute Gasteiger partial charge is 0.378 e. The molecule has 0 bridgehead atoms. The number of hydrogen-bond donors (Lipinski definition) is 1. The lowest BCUT2D eigenvalue weighted by Crippen LogP contribution is -2.43. The summed E-state index contributed by atoms with van der Waals surface area (Å²) < 4.78 is 128. The van der Waals surface area contributed by atoms with Gasteiger partial charge in [-0.25, -0.2) is 0 Å². The normalized spacial score (nSPS) is 21.6. The molecule has 0 radical (unpaired) electrons. The fourth-order valence-electron chi connectivity index (χ4n) is 6.01. The van der Waals surface area contributed by atoms with Crippen molar-refractivity contribution in [3.05, 3.63) is 63.7 Å². The van der Waals surface area contributed by atoms with E-state index in [9.17, 15) is 39.5 Å². The number of ether oxygens (including phenoxy) is 1. The quantitative estimate of drug-likeness (QED) is 0.301. The average Bonchev–Trinajstić information content (AvgIpc) is 3.24. The summed E-state index contributed by atoms with van der Waals surface area (Å²) in [5, 5.41) is 15.0. The monoisotopic (exact) mass is 636 g/mol. The van der Waals surface area contributed by atoms with Gasteiger partial charge in [-0.2, -0.15) is 44.3 Å². The largest absolute Gasteiger partial charge is 0.416 e. The molecule has 2 aromatic carbocycles. The van der Waals surface area contributed by atoms with Crippen LogP contribution in [0, 0.1) is 6.92 Å². The Kier molecular flexibility index (Phi) is 8.50. The zero-order valence-electron chi connectivity index (χ0n) is 23.6. The van der Waals surface area contributed by atoms with Crippen LogP contribution in [0.3, 0.4) is 0 Å². The number of alkyl halides is 9. The van der Waals surface area contributed by atoms with Gasteiger partial charge in [0.2, 0.25) is 0 Å². The summed E-state index contributed by atoms with van der Waals surface area (Å²) in [7, 11) is 1.57. The number of tetrazole rings is 1. The lowest BCUT2D eigenvalue weighted by molar-refractivity contribution is -0.143. The number of benzene rings is 2. The number of rotatable bonds is 5. The molecule has 44 heavy (non-hydrogen) atoms. The molecule has 1 aromatic heterocycles. The Morgan fingerprint density at radius 3 is 2.18 bits per heavy atom. The minimum atomic E-state index is -4.98. The first-order valence-electron chi connectivity index (χ1n) is 13.9. The second-order valence-corrected chi connectivity index (χ2v) is 11.1. The molecule has 2 aliphatic rings. The van der Waals surface area contributed by atoms with E-state index < -0.39 is 47.4 Å². The first-order valence-corrected chi connectivity index (χ1v) is 13.9. The Morgan fingerprint density at radius 1 is 0.909 bits per heavy atom. The molecule has 1 saturated heterocycles. The zero-order chi connectivity index (χ0) is 32.0. The predicted molar refractivity (Wildman–Crippen MR) is 141 cm³/mol. The van der Waals surface area contributed by atoms with Gasteiger partial charge in [0.05, 0.1) is 35.9 Å². The molecular weight excluding hydrogens is 607 g/mol. The molecule has 0 saturated carbocycles.